The number of amides is 1. The number of aliphatic carboxylic acids is 1. The number of benzene rings is 1. The second kappa shape index (κ2) is 9.41. The van der Waals surface area contributed by atoms with E-state index in [1.165, 1.54) is 0 Å². The number of carbonyl (C=O) groups is 2. The summed E-state index contributed by atoms with van der Waals surface area (Å²) in [5.41, 5.74) is -0.756. The van der Waals surface area contributed by atoms with Gasteiger partial charge in [0.05, 0.1) is 16.9 Å². The Kier molecular flexibility index (Phi) is 7.80. The molecule has 0 aliphatic heterocycles. The van der Waals surface area contributed by atoms with Crippen molar-refractivity contribution in [2.75, 3.05) is 11.5 Å². The minimum Gasteiger partial charge on any atom is -0.479 e. The summed E-state index contributed by atoms with van der Waals surface area (Å²) in [5.74, 6) is -5.99. The Morgan fingerprint density at radius 1 is 1.39 bits per heavy atom. The lowest BCUT2D eigenvalue weighted by Crippen LogP contribution is -2.28. The van der Waals surface area contributed by atoms with Gasteiger partial charge >= 0.3 is 5.97 Å². The van der Waals surface area contributed by atoms with Crippen LogP contribution in [0, 0.1) is 5.82 Å². The van der Waals surface area contributed by atoms with Crippen molar-refractivity contribution < 1.29 is 32.7 Å². The fourth-order valence-corrected chi connectivity index (χ4v) is 2.18. The number of carboxylic acid groups (broad SMARTS) is 1. The van der Waals surface area contributed by atoms with Gasteiger partial charge in [-0.25, -0.2) is 18.0 Å². The van der Waals surface area contributed by atoms with Crippen LogP contribution in [0.1, 0.15) is 26.3 Å². The number of alkyl halides is 2. The van der Waals surface area contributed by atoms with Gasteiger partial charge in [0.15, 0.2) is 0 Å². The average Bonchev–Trinajstić information content (AvgIpc) is 2.53. The maximum absolute atomic E-state index is 14.4. The van der Waals surface area contributed by atoms with Crippen molar-refractivity contribution in [3.8, 4) is 0 Å². The summed E-state index contributed by atoms with van der Waals surface area (Å²) in [6.07, 6.45) is 2.00. The van der Waals surface area contributed by atoms with Gasteiger partial charge < -0.3 is 9.94 Å². The van der Waals surface area contributed by atoms with Crippen LogP contribution in [0.3, 0.4) is 0 Å². The zero-order valence-corrected chi connectivity index (χ0v) is 16.1. The van der Waals surface area contributed by atoms with Gasteiger partial charge in [-0.2, -0.15) is 0 Å². The van der Waals surface area contributed by atoms with Crippen LogP contribution in [0.25, 0.3) is 0 Å². The summed E-state index contributed by atoms with van der Waals surface area (Å²) in [4.78, 5) is 27.7. The average molecular weight is 419 g/mol. The smallest absolute Gasteiger partial charge is 0.344 e. The molecule has 152 valence electrons. The first kappa shape index (κ1) is 23.2. The molecule has 28 heavy (non-hydrogen) atoms. The molecular weight excluding hydrogens is 401 g/mol. The number of rotatable bonds is 8. The minimum absolute atomic E-state index is 0.0927. The second-order valence-electron chi connectivity index (χ2n) is 5.79. The van der Waals surface area contributed by atoms with Gasteiger partial charge in [-0.3, -0.25) is 9.69 Å². The Hall–Kier alpha value is -2.81. The first-order valence-electron chi connectivity index (χ1n) is 7.77. The van der Waals surface area contributed by atoms with E-state index in [1.807, 2.05) is 0 Å². The summed E-state index contributed by atoms with van der Waals surface area (Å²) in [7, 11) is 0. The summed E-state index contributed by atoms with van der Waals surface area (Å²) in [6, 6.07) is 2.02. The summed E-state index contributed by atoms with van der Waals surface area (Å²) < 4.78 is 41.2. The van der Waals surface area contributed by atoms with E-state index in [4.69, 9.17) is 16.7 Å². The van der Waals surface area contributed by atoms with E-state index >= 15 is 0 Å². The number of anilines is 1. The van der Waals surface area contributed by atoms with Crippen LogP contribution in [0.4, 0.5) is 18.9 Å². The quantitative estimate of drug-likeness (QED) is 0.386. The molecule has 0 heterocycles. The number of carbonyl (C=O) groups excluding carboxylic acids is 1. The molecule has 1 rings (SSSR count). The monoisotopic (exact) mass is 418 g/mol. The third-order valence-corrected chi connectivity index (χ3v) is 3.77. The predicted octanol–water partition coefficient (Wildman–Crippen LogP) is 4.38. The number of oxime groups is 1. The number of hydrogen-bond donors (Lipinski definition) is 1. The van der Waals surface area contributed by atoms with Crippen LogP contribution in [-0.2, 0) is 14.4 Å². The van der Waals surface area contributed by atoms with Gasteiger partial charge in [-0.05, 0) is 30.7 Å². The maximum atomic E-state index is 14.4. The molecule has 10 heteroatoms. The zero-order chi connectivity index (χ0) is 21.6. The highest BCUT2D eigenvalue weighted by Crippen LogP contribution is 2.30. The SMILES string of the molecule is C=C(/C=C(\C)C(C)(F)F)N(C(C)=O)c1cc(/C=N/OCC(=O)O)c(Cl)cc1F. The maximum Gasteiger partial charge on any atom is 0.344 e. The fraction of sp³-hybridized carbons (Fsp3) is 0.278. The topological polar surface area (TPSA) is 79.2 Å². The standard InChI is InChI=1S/C18H18ClF3N2O4/c1-10(18(4,21)22)5-11(2)24(12(3)25)16-6-13(14(19)7-15(16)20)8-23-28-9-17(26)27/h5-8H,2,9H2,1,3-4H3,(H,26,27)/b10-5+,23-8+. The normalized spacial score (nSPS) is 12.2. The molecule has 1 aromatic rings. The molecule has 0 aliphatic carbocycles. The second-order valence-corrected chi connectivity index (χ2v) is 6.20. The van der Waals surface area contributed by atoms with E-state index in [2.05, 4.69) is 16.6 Å². The number of allylic oxidation sites excluding steroid dienone is 2. The van der Waals surface area contributed by atoms with Crippen LogP contribution in [0.15, 0.2) is 41.2 Å². The molecule has 1 N–H and O–H groups in total. The lowest BCUT2D eigenvalue weighted by atomic mass is 10.1. The first-order chi connectivity index (χ1) is 12.8. The van der Waals surface area contributed by atoms with E-state index < -0.39 is 30.2 Å². The van der Waals surface area contributed by atoms with Crippen LogP contribution in [-0.4, -0.2) is 35.7 Å². The van der Waals surface area contributed by atoms with Gasteiger partial charge in [0.25, 0.3) is 5.92 Å². The number of hydrogen-bond acceptors (Lipinski definition) is 4. The van der Waals surface area contributed by atoms with Crippen molar-refractivity contribution in [1.29, 1.82) is 0 Å². The summed E-state index contributed by atoms with van der Waals surface area (Å²) >= 11 is 5.91. The minimum atomic E-state index is -3.15. The number of nitrogens with zero attached hydrogens (tertiary/aromatic N) is 2. The van der Waals surface area contributed by atoms with Crippen LogP contribution >= 0.6 is 11.6 Å². The Labute approximate surface area is 164 Å². The van der Waals surface area contributed by atoms with Crippen molar-refractivity contribution in [1.82, 2.24) is 0 Å². The number of halogens is 4. The van der Waals surface area contributed by atoms with E-state index in [1.54, 1.807) is 0 Å². The van der Waals surface area contributed by atoms with Crippen LogP contribution < -0.4 is 4.90 Å². The van der Waals surface area contributed by atoms with Gasteiger partial charge in [-0.15, -0.1) is 0 Å². The molecule has 0 saturated heterocycles. The van der Waals surface area contributed by atoms with Crippen molar-refractivity contribution in [2.45, 2.75) is 26.7 Å². The molecule has 0 spiro atoms. The van der Waals surface area contributed by atoms with Crippen LogP contribution in [0.2, 0.25) is 5.02 Å². The Balaban J connectivity index is 3.33. The molecule has 0 fully saturated rings. The first-order valence-corrected chi connectivity index (χ1v) is 8.14. The third-order valence-electron chi connectivity index (χ3n) is 3.44. The van der Waals surface area contributed by atoms with Crippen molar-refractivity contribution in [3.63, 3.8) is 0 Å². The van der Waals surface area contributed by atoms with Crippen molar-refractivity contribution in [3.05, 3.63) is 52.5 Å². The lowest BCUT2D eigenvalue weighted by molar-refractivity contribution is -0.142. The third kappa shape index (κ3) is 6.41. The highest BCUT2D eigenvalue weighted by molar-refractivity contribution is 6.33. The Morgan fingerprint density at radius 2 is 2.00 bits per heavy atom. The van der Waals surface area contributed by atoms with Crippen molar-refractivity contribution >= 4 is 35.4 Å². The Bertz CT molecular complexity index is 848. The van der Waals surface area contributed by atoms with Gasteiger partial charge in [0.1, 0.15) is 5.82 Å². The summed E-state index contributed by atoms with van der Waals surface area (Å²) in [6.45, 7) is 5.80. The van der Waals surface area contributed by atoms with Gasteiger partial charge in [-0.1, -0.05) is 23.3 Å². The van der Waals surface area contributed by atoms with E-state index in [0.717, 1.165) is 43.2 Å². The molecule has 0 aliphatic rings. The summed E-state index contributed by atoms with van der Waals surface area (Å²) in [5, 5.41) is 11.8. The zero-order valence-electron chi connectivity index (χ0n) is 15.3. The predicted molar refractivity (Wildman–Crippen MR) is 99.3 cm³/mol. The molecule has 0 bridgehead atoms. The molecule has 6 nitrogen and oxygen atoms in total. The molecule has 1 aromatic carbocycles. The number of carboxylic acids is 1. The molecule has 0 atom stereocenters. The Morgan fingerprint density at radius 3 is 2.50 bits per heavy atom. The molecule has 0 unspecified atom stereocenters. The fourth-order valence-electron chi connectivity index (χ4n) is 1.98. The highest BCUT2D eigenvalue weighted by atomic mass is 35.5. The molecule has 0 saturated carbocycles. The molecule has 1 amide bonds. The van der Waals surface area contributed by atoms with Gasteiger partial charge in [0, 0.05) is 25.1 Å². The molecule has 0 radical (unpaired) electrons. The largest absolute Gasteiger partial charge is 0.479 e. The van der Waals surface area contributed by atoms with E-state index in [-0.39, 0.29) is 27.5 Å². The van der Waals surface area contributed by atoms with E-state index in [0.29, 0.717) is 6.92 Å². The van der Waals surface area contributed by atoms with Crippen LogP contribution in [0.5, 0.6) is 0 Å². The highest BCUT2D eigenvalue weighted by Gasteiger charge is 2.26. The van der Waals surface area contributed by atoms with Gasteiger partial charge in [0.2, 0.25) is 12.5 Å². The van der Waals surface area contributed by atoms with E-state index in [9.17, 15) is 22.8 Å². The molecule has 0 aromatic heterocycles. The van der Waals surface area contributed by atoms with Crippen molar-refractivity contribution in [2.24, 2.45) is 5.16 Å². The lowest BCUT2D eigenvalue weighted by Gasteiger charge is -2.24. The molecular formula is C18H18ClF3N2O4.